The summed E-state index contributed by atoms with van der Waals surface area (Å²) in [5.74, 6) is 5.91. The largest absolute Gasteiger partial charge is 0.446 e. The van der Waals surface area contributed by atoms with Crippen LogP contribution in [0.1, 0.15) is 41.0 Å². The molecule has 0 aromatic heterocycles. The van der Waals surface area contributed by atoms with Gasteiger partial charge in [0, 0.05) is 6.92 Å². The van der Waals surface area contributed by atoms with Gasteiger partial charge >= 0.3 is 5.97 Å². The number of hydrogen-bond donors (Lipinski definition) is 1. The third kappa shape index (κ3) is 5.77. The molecule has 0 aromatic rings. The Bertz CT molecular complexity index is 273. The molecule has 0 amide bonds. The van der Waals surface area contributed by atoms with E-state index in [-0.39, 0.29) is 5.97 Å². The van der Waals surface area contributed by atoms with Gasteiger partial charge in [-0.15, -0.1) is 0 Å². The molecule has 0 radical (unpaired) electrons. The highest BCUT2D eigenvalue weighted by atomic mass is 16.6. The molecule has 0 spiro atoms. The fourth-order valence-corrected chi connectivity index (χ4v) is 1.36. The third-order valence-electron chi connectivity index (χ3n) is 2.73. The molecule has 0 aromatic carbocycles. The fourth-order valence-electron chi connectivity index (χ4n) is 1.36. The summed E-state index contributed by atoms with van der Waals surface area (Å²) in [5, 5.41) is 0. The Kier molecular flexibility index (Phi) is 6.83. The minimum atomic E-state index is -0.627. The molecule has 0 fully saturated rings. The Morgan fingerprint density at radius 2 is 1.88 bits per heavy atom. The molecule has 0 aliphatic heterocycles. The minimum Gasteiger partial charge on any atom is -0.446 e. The van der Waals surface area contributed by atoms with Crippen LogP contribution in [0.4, 0.5) is 0 Å². The van der Waals surface area contributed by atoms with Crippen molar-refractivity contribution in [3.63, 3.8) is 0 Å². The number of carbonyl (C=O) groups excluding carboxylic acids is 1. The maximum absolute atomic E-state index is 10.9. The Morgan fingerprint density at radius 1 is 1.31 bits per heavy atom. The van der Waals surface area contributed by atoms with E-state index in [9.17, 15) is 4.79 Å². The SMILES string of the molecule is CC[NH+](CC)CC#C[C@](C)(CC)OC(C)=O. The van der Waals surface area contributed by atoms with Crippen LogP contribution in [0.25, 0.3) is 0 Å². The van der Waals surface area contributed by atoms with Gasteiger partial charge < -0.3 is 9.64 Å². The van der Waals surface area contributed by atoms with Gasteiger partial charge in [-0.25, -0.2) is 0 Å². The van der Waals surface area contributed by atoms with Crippen LogP contribution < -0.4 is 4.90 Å². The van der Waals surface area contributed by atoms with E-state index in [0.717, 1.165) is 19.6 Å². The topological polar surface area (TPSA) is 30.7 Å². The smallest absolute Gasteiger partial charge is 0.304 e. The van der Waals surface area contributed by atoms with E-state index in [0.29, 0.717) is 6.42 Å². The zero-order valence-corrected chi connectivity index (χ0v) is 11.1. The van der Waals surface area contributed by atoms with Crippen LogP contribution in [0.2, 0.25) is 0 Å². The van der Waals surface area contributed by atoms with Crippen molar-refractivity contribution in [3.05, 3.63) is 0 Å². The standard InChI is InChI=1S/C13H23NO2/c1-6-13(5,16-12(4)15)10-9-11-14(7-2)8-3/h6-8,11H2,1-5H3/p+1/t13-/m0/s1. The molecular weight excluding hydrogens is 202 g/mol. The molecule has 0 unspecified atom stereocenters. The second-order valence-electron chi connectivity index (χ2n) is 4.11. The average molecular weight is 226 g/mol. The molecule has 0 aliphatic rings. The number of nitrogens with one attached hydrogen (secondary N) is 1. The van der Waals surface area contributed by atoms with E-state index in [4.69, 9.17) is 4.74 Å². The van der Waals surface area contributed by atoms with Gasteiger partial charge in [0.2, 0.25) is 0 Å². The van der Waals surface area contributed by atoms with Crippen molar-refractivity contribution in [1.29, 1.82) is 0 Å². The predicted octanol–water partition coefficient (Wildman–Crippen LogP) is 0.646. The number of esters is 1. The molecule has 0 saturated heterocycles. The maximum Gasteiger partial charge on any atom is 0.304 e. The molecule has 92 valence electrons. The molecule has 3 heteroatoms. The molecule has 0 aliphatic carbocycles. The van der Waals surface area contributed by atoms with Crippen LogP contribution >= 0.6 is 0 Å². The zero-order valence-electron chi connectivity index (χ0n) is 11.1. The lowest BCUT2D eigenvalue weighted by atomic mass is 10.0. The van der Waals surface area contributed by atoms with Crippen molar-refractivity contribution in [1.82, 2.24) is 0 Å². The minimum absolute atomic E-state index is 0.270. The van der Waals surface area contributed by atoms with Crippen LogP contribution in [-0.2, 0) is 9.53 Å². The normalized spacial score (nSPS) is 13.9. The molecule has 0 saturated carbocycles. The lowest BCUT2D eigenvalue weighted by Crippen LogP contribution is -3.11. The second-order valence-corrected chi connectivity index (χ2v) is 4.11. The number of quaternary nitrogens is 1. The van der Waals surface area contributed by atoms with Crippen LogP contribution in [0.15, 0.2) is 0 Å². The first kappa shape index (κ1) is 15.0. The summed E-state index contributed by atoms with van der Waals surface area (Å²) < 4.78 is 5.21. The zero-order chi connectivity index (χ0) is 12.6. The van der Waals surface area contributed by atoms with E-state index in [2.05, 4.69) is 25.7 Å². The van der Waals surface area contributed by atoms with Crippen molar-refractivity contribution in [2.24, 2.45) is 0 Å². The highest BCUT2D eigenvalue weighted by Crippen LogP contribution is 2.13. The molecule has 3 nitrogen and oxygen atoms in total. The Morgan fingerprint density at radius 3 is 2.25 bits per heavy atom. The van der Waals surface area contributed by atoms with Crippen molar-refractivity contribution >= 4 is 5.97 Å². The summed E-state index contributed by atoms with van der Waals surface area (Å²) in [4.78, 5) is 12.4. The maximum atomic E-state index is 10.9. The third-order valence-corrected chi connectivity index (χ3v) is 2.73. The van der Waals surface area contributed by atoms with Crippen LogP contribution in [0, 0.1) is 11.8 Å². The first-order chi connectivity index (χ1) is 7.47. The van der Waals surface area contributed by atoms with Gasteiger partial charge in [-0.05, 0) is 39.0 Å². The monoisotopic (exact) mass is 226 g/mol. The van der Waals surface area contributed by atoms with Crippen molar-refractivity contribution in [2.75, 3.05) is 19.6 Å². The number of rotatable bonds is 5. The van der Waals surface area contributed by atoms with E-state index in [1.165, 1.54) is 11.8 Å². The van der Waals surface area contributed by atoms with Gasteiger partial charge in [0.1, 0.15) is 6.54 Å². The average Bonchev–Trinajstić information content (AvgIpc) is 2.23. The number of ether oxygens (including phenoxy) is 1. The predicted molar refractivity (Wildman–Crippen MR) is 65.1 cm³/mol. The van der Waals surface area contributed by atoms with Crippen molar-refractivity contribution in [3.8, 4) is 11.8 Å². The summed E-state index contributed by atoms with van der Waals surface area (Å²) in [5.41, 5.74) is -0.627. The van der Waals surface area contributed by atoms with Crippen LogP contribution in [0.3, 0.4) is 0 Å². The molecule has 1 N–H and O–H groups in total. The molecule has 0 bridgehead atoms. The Balaban J connectivity index is 4.40. The Labute approximate surface area is 99.2 Å². The van der Waals surface area contributed by atoms with Crippen LogP contribution in [0.5, 0.6) is 0 Å². The lowest BCUT2D eigenvalue weighted by Gasteiger charge is -2.21. The van der Waals surface area contributed by atoms with E-state index >= 15 is 0 Å². The van der Waals surface area contributed by atoms with E-state index in [1.54, 1.807) is 0 Å². The molecule has 1 atom stereocenters. The molecular formula is C13H24NO2+. The van der Waals surface area contributed by atoms with E-state index in [1.807, 2.05) is 13.8 Å². The summed E-state index contributed by atoms with van der Waals surface area (Å²) in [7, 11) is 0. The summed E-state index contributed by atoms with van der Waals surface area (Å²) >= 11 is 0. The number of carbonyl (C=O) groups is 1. The van der Waals surface area contributed by atoms with Gasteiger partial charge in [-0.3, -0.25) is 4.79 Å². The highest BCUT2D eigenvalue weighted by Gasteiger charge is 2.22. The van der Waals surface area contributed by atoms with E-state index < -0.39 is 5.60 Å². The lowest BCUT2D eigenvalue weighted by molar-refractivity contribution is -0.889. The number of hydrogen-bond acceptors (Lipinski definition) is 2. The molecule has 0 rings (SSSR count). The highest BCUT2D eigenvalue weighted by molar-refractivity contribution is 5.67. The molecule has 0 heterocycles. The second kappa shape index (κ2) is 7.29. The summed E-state index contributed by atoms with van der Waals surface area (Å²) in [6.45, 7) is 12.5. The fraction of sp³-hybridized carbons (Fsp3) is 0.769. The summed E-state index contributed by atoms with van der Waals surface area (Å²) in [6, 6.07) is 0. The first-order valence-corrected chi connectivity index (χ1v) is 6.00. The van der Waals surface area contributed by atoms with Gasteiger partial charge in [0.05, 0.1) is 13.1 Å². The molecule has 16 heavy (non-hydrogen) atoms. The van der Waals surface area contributed by atoms with Gasteiger partial charge in [0.25, 0.3) is 0 Å². The Hall–Kier alpha value is -1.01. The summed E-state index contributed by atoms with van der Waals surface area (Å²) in [6.07, 6.45) is 0.715. The van der Waals surface area contributed by atoms with Gasteiger partial charge in [0.15, 0.2) is 5.60 Å². The van der Waals surface area contributed by atoms with Gasteiger partial charge in [-0.2, -0.15) is 0 Å². The van der Waals surface area contributed by atoms with Gasteiger partial charge in [-0.1, -0.05) is 6.92 Å². The quantitative estimate of drug-likeness (QED) is 0.551. The van der Waals surface area contributed by atoms with Crippen LogP contribution in [-0.4, -0.2) is 31.2 Å². The first-order valence-electron chi connectivity index (χ1n) is 6.00. The van der Waals surface area contributed by atoms with Crippen molar-refractivity contribution < 1.29 is 14.4 Å². The van der Waals surface area contributed by atoms with Crippen molar-refractivity contribution in [2.45, 2.75) is 46.6 Å².